The highest BCUT2D eigenvalue weighted by atomic mass is 19.4. The maximum atomic E-state index is 12.6. The van der Waals surface area contributed by atoms with Gasteiger partial charge in [0.2, 0.25) is 5.91 Å². The van der Waals surface area contributed by atoms with Gasteiger partial charge < -0.3 is 46.6 Å². The van der Waals surface area contributed by atoms with Gasteiger partial charge in [-0.2, -0.15) is 13.2 Å². The number of halogens is 3. The average Bonchev–Trinajstić information content (AvgIpc) is 3.28. The summed E-state index contributed by atoms with van der Waals surface area (Å²) in [4.78, 5) is 82.7. The fourth-order valence-electron chi connectivity index (χ4n) is 4.45. The molecule has 6 atom stereocenters. The number of carbonyl (C=O) groups is 5. The van der Waals surface area contributed by atoms with Gasteiger partial charge in [0.15, 0.2) is 12.3 Å². The molecule has 21 heteroatoms. The topological polar surface area (TPSA) is 301 Å². The molecule has 18 nitrogen and oxygen atoms in total. The van der Waals surface area contributed by atoms with Crippen molar-refractivity contribution in [3.8, 4) is 0 Å². The fraction of sp³-hybridized carbons (Fsp3) is 0.667. The van der Waals surface area contributed by atoms with E-state index in [1.165, 1.54) is 12.8 Å². The summed E-state index contributed by atoms with van der Waals surface area (Å²) >= 11 is 0. The molecule has 48 heavy (non-hydrogen) atoms. The van der Waals surface area contributed by atoms with Crippen LogP contribution in [0.5, 0.6) is 0 Å². The van der Waals surface area contributed by atoms with Gasteiger partial charge in [-0.3, -0.25) is 28.7 Å². The second kappa shape index (κ2) is 19.5. The van der Waals surface area contributed by atoms with Crippen molar-refractivity contribution < 1.29 is 67.4 Å². The molecule has 1 fully saturated rings. The Kier molecular flexibility index (Phi) is 16.9. The van der Waals surface area contributed by atoms with E-state index < -0.39 is 95.9 Å². The molecular weight excluding hydrogens is 659 g/mol. The Labute approximate surface area is 270 Å². The van der Waals surface area contributed by atoms with Gasteiger partial charge in [-0.1, -0.05) is 58.3 Å². The van der Waals surface area contributed by atoms with Crippen LogP contribution in [-0.2, 0) is 23.9 Å². The highest BCUT2D eigenvalue weighted by Gasteiger charge is 2.50. The zero-order valence-corrected chi connectivity index (χ0v) is 25.8. The van der Waals surface area contributed by atoms with Gasteiger partial charge in [0.25, 0.3) is 11.5 Å². The van der Waals surface area contributed by atoms with Gasteiger partial charge in [0, 0.05) is 6.20 Å². The molecule has 2 unspecified atom stereocenters. The number of aliphatic hydroxyl groups is 2. The highest BCUT2D eigenvalue weighted by Crippen LogP contribution is 2.30. The summed E-state index contributed by atoms with van der Waals surface area (Å²) in [7, 11) is 0. The Bertz CT molecular complexity index is 1380. The van der Waals surface area contributed by atoms with Gasteiger partial charge >= 0.3 is 29.8 Å². The Morgan fingerprint density at radius 2 is 1.52 bits per heavy atom. The number of ether oxygens (including phenoxy) is 1. The summed E-state index contributed by atoms with van der Waals surface area (Å²) < 4.78 is 37.7. The Balaban J connectivity index is 0.00000148. The number of alkyl halides is 3. The quantitative estimate of drug-likeness (QED) is 0.0885. The molecule has 10 N–H and O–H groups in total. The van der Waals surface area contributed by atoms with Crippen LogP contribution in [0.15, 0.2) is 15.8 Å². The Hall–Kier alpha value is -4.34. The molecule has 2 heterocycles. The number of nitrogens with zero attached hydrogens (tertiary/aromatic N) is 1. The molecule has 2 rings (SSSR count). The number of hydrogen-bond donors (Lipinski definition) is 9. The number of aromatic amines is 1. The second-order valence-electron chi connectivity index (χ2n) is 10.8. The summed E-state index contributed by atoms with van der Waals surface area (Å²) in [6.45, 7) is 1.31. The van der Waals surface area contributed by atoms with Crippen LogP contribution in [0.2, 0.25) is 0 Å². The Morgan fingerprint density at radius 1 is 0.979 bits per heavy atom. The number of unbranched alkanes of at least 4 members (excludes halogenated alkanes) is 7. The predicted octanol–water partition coefficient (Wildman–Crippen LogP) is -0.969. The van der Waals surface area contributed by atoms with E-state index in [2.05, 4.69) is 12.2 Å². The van der Waals surface area contributed by atoms with Crippen molar-refractivity contribution in [3.05, 3.63) is 32.6 Å². The molecule has 0 saturated carbocycles. The molecule has 0 radical (unpaired) electrons. The zero-order valence-electron chi connectivity index (χ0n) is 25.8. The number of aliphatic hydroxyl groups excluding tert-OH is 2. The lowest BCUT2D eigenvalue weighted by molar-refractivity contribution is -0.192. The molecule has 2 amide bonds. The van der Waals surface area contributed by atoms with Crippen LogP contribution in [-0.4, -0.2) is 108 Å². The molecule has 1 aliphatic heterocycles. The van der Waals surface area contributed by atoms with Crippen LogP contribution in [0.1, 0.15) is 81.3 Å². The van der Waals surface area contributed by atoms with Crippen LogP contribution in [0.3, 0.4) is 0 Å². The summed E-state index contributed by atoms with van der Waals surface area (Å²) in [5.41, 5.74) is 2.88. The molecule has 1 saturated heterocycles. The molecule has 1 aromatic heterocycles. The van der Waals surface area contributed by atoms with Gasteiger partial charge in [0.05, 0.1) is 6.04 Å². The molecule has 272 valence electrons. The number of H-pyrrole nitrogens is 1. The van der Waals surface area contributed by atoms with Crippen molar-refractivity contribution in [2.75, 3.05) is 6.54 Å². The molecule has 1 aliphatic rings. The molecule has 0 aliphatic carbocycles. The average molecular weight is 700 g/mol. The van der Waals surface area contributed by atoms with Crippen molar-refractivity contribution >= 4 is 29.7 Å². The summed E-state index contributed by atoms with van der Waals surface area (Å²) in [6.07, 6.45) is -3.24. The van der Waals surface area contributed by atoms with Crippen LogP contribution < -0.4 is 27.6 Å². The number of carboxylic acids is 3. The maximum absolute atomic E-state index is 12.6. The largest absolute Gasteiger partial charge is 0.490 e. The Morgan fingerprint density at radius 3 is 2.02 bits per heavy atom. The van der Waals surface area contributed by atoms with Crippen molar-refractivity contribution in [1.29, 1.82) is 0 Å². The van der Waals surface area contributed by atoms with Crippen LogP contribution in [0.4, 0.5) is 13.2 Å². The lowest BCUT2D eigenvalue weighted by atomic mass is 10.0. The van der Waals surface area contributed by atoms with Gasteiger partial charge in [0.1, 0.15) is 30.4 Å². The van der Waals surface area contributed by atoms with Crippen LogP contribution in [0, 0.1) is 0 Å². The third kappa shape index (κ3) is 13.0. The zero-order chi connectivity index (χ0) is 36.8. The summed E-state index contributed by atoms with van der Waals surface area (Å²) in [6, 6.07) is -2.91. The summed E-state index contributed by atoms with van der Waals surface area (Å²) in [5, 5.41) is 50.8. The lowest BCUT2D eigenvalue weighted by Crippen LogP contribution is -2.56. The number of hydrogen-bond acceptors (Lipinski definition) is 11. The normalized spacial score (nSPS) is 20.1. The minimum Gasteiger partial charge on any atom is -0.480 e. The molecule has 0 bridgehead atoms. The lowest BCUT2D eigenvalue weighted by Gasteiger charge is -2.24. The van der Waals surface area contributed by atoms with Crippen LogP contribution in [0.25, 0.3) is 0 Å². The van der Waals surface area contributed by atoms with E-state index in [1.54, 1.807) is 0 Å². The number of carbonyl (C=O) groups excluding carboxylic acids is 2. The number of rotatable bonds is 17. The number of nitrogens with one attached hydrogen (secondary N) is 3. The van der Waals surface area contributed by atoms with Crippen molar-refractivity contribution in [2.45, 2.75) is 108 Å². The second-order valence-corrected chi connectivity index (χ2v) is 10.8. The highest BCUT2D eigenvalue weighted by molar-refractivity contribution is 5.95. The van der Waals surface area contributed by atoms with Crippen LogP contribution >= 0.6 is 0 Å². The molecule has 1 aromatic rings. The number of aliphatic carboxylic acids is 3. The first-order chi connectivity index (χ1) is 22.3. The third-order valence-electron chi connectivity index (χ3n) is 7.00. The summed E-state index contributed by atoms with van der Waals surface area (Å²) in [5.74, 6) is -7.74. The van der Waals surface area contributed by atoms with Crippen molar-refractivity contribution in [3.63, 3.8) is 0 Å². The number of amides is 2. The standard InChI is InChI=1S/C25H39N5O11.C2HF3O2/c1-2-3-4-5-6-7-8-9-10-14(26)22(37)28-16(24(38)39)19-17(33)18(34)23(41-19)30-12-13(21(36)29-25(30)40)20(35)27-11-15(31)32;3-2(4,5)1(6)7/h12,14,16-19,23,33-34H,2-11,26H2,1H3,(H,27,35)(H,28,37)(H,31,32)(H,38,39)(H,29,36,40);(H,6,7)/t14?,16?,17-,18+,19+,23+;/m0./s1. The van der Waals surface area contributed by atoms with E-state index in [9.17, 15) is 57.3 Å². The predicted molar refractivity (Wildman–Crippen MR) is 156 cm³/mol. The van der Waals surface area contributed by atoms with Crippen molar-refractivity contribution in [2.24, 2.45) is 5.73 Å². The maximum Gasteiger partial charge on any atom is 0.490 e. The van der Waals surface area contributed by atoms with E-state index in [-0.39, 0.29) is 0 Å². The molecule has 0 aromatic carbocycles. The minimum atomic E-state index is -5.08. The van der Waals surface area contributed by atoms with Gasteiger partial charge in [-0.05, 0) is 6.42 Å². The number of nitrogens with two attached hydrogens (primary N) is 1. The third-order valence-corrected chi connectivity index (χ3v) is 7.00. The first kappa shape index (κ1) is 41.7. The van der Waals surface area contributed by atoms with Gasteiger partial charge in [-0.25, -0.2) is 14.4 Å². The number of carboxylic acid groups (broad SMARTS) is 3. The van der Waals surface area contributed by atoms with Gasteiger partial charge in [-0.15, -0.1) is 0 Å². The molecule has 0 spiro atoms. The molecular formula is C27H40F3N5O13. The van der Waals surface area contributed by atoms with E-state index in [0.29, 0.717) is 23.6 Å². The van der Waals surface area contributed by atoms with E-state index in [1.807, 2.05) is 10.3 Å². The first-order valence-electron chi connectivity index (χ1n) is 14.8. The smallest absolute Gasteiger partial charge is 0.480 e. The first-order valence-corrected chi connectivity index (χ1v) is 14.8. The number of aromatic nitrogens is 2. The van der Waals surface area contributed by atoms with E-state index in [4.69, 9.17) is 25.5 Å². The SMILES string of the molecule is CCCCCCCCCCC(N)C(=O)NC(C(=O)O)[C@H]1O[C@@H](n2cc(C(=O)NCC(=O)O)c(=O)[nH]c2=O)[C@H](O)[C@@H]1O.O=C(O)C(F)(F)F. The van der Waals surface area contributed by atoms with E-state index >= 15 is 0 Å². The monoisotopic (exact) mass is 699 g/mol. The fourth-order valence-corrected chi connectivity index (χ4v) is 4.45. The van der Waals surface area contributed by atoms with Crippen molar-refractivity contribution in [1.82, 2.24) is 20.2 Å². The minimum absolute atomic E-state index is 0.298. The van der Waals surface area contributed by atoms with E-state index in [0.717, 1.165) is 32.1 Å².